The Morgan fingerprint density at radius 1 is 1.27 bits per heavy atom. The van der Waals surface area contributed by atoms with Gasteiger partial charge in [-0.2, -0.15) is 5.10 Å². The summed E-state index contributed by atoms with van der Waals surface area (Å²) in [5.74, 6) is 0.586. The number of hydrogen-bond acceptors (Lipinski definition) is 4. The van der Waals surface area contributed by atoms with Gasteiger partial charge in [0.15, 0.2) is 5.82 Å². The van der Waals surface area contributed by atoms with Gasteiger partial charge in [0.2, 0.25) is 5.91 Å². The molecule has 1 amide bonds. The molecule has 6 heteroatoms. The first kappa shape index (κ1) is 13.2. The van der Waals surface area contributed by atoms with Crippen molar-refractivity contribution in [2.24, 2.45) is 0 Å². The molecule has 0 aliphatic carbocycles. The van der Waals surface area contributed by atoms with Gasteiger partial charge in [0.25, 0.3) is 0 Å². The van der Waals surface area contributed by atoms with E-state index in [2.05, 4.69) is 15.5 Å². The Morgan fingerprint density at radius 3 is 2.91 bits per heavy atom. The number of H-pyrrole nitrogens is 1. The topological polar surface area (TPSA) is 70.7 Å². The number of carbonyl (C=O) groups is 1. The van der Waals surface area contributed by atoms with Crippen LogP contribution >= 0.6 is 11.3 Å². The predicted molar refractivity (Wildman–Crippen MR) is 86.0 cm³/mol. The minimum Gasteiger partial charge on any atom is -0.309 e. The Kier molecular flexibility index (Phi) is 3.04. The Hall–Kier alpha value is -2.47. The highest BCUT2D eigenvalue weighted by molar-refractivity contribution is 7.13. The molecule has 4 rings (SSSR count). The Labute approximate surface area is 131 Å². The van der Waals surface area contributed by atoms with Crippen LogP contribution in [-0.4, -0.2) is 21.1 Å². The maximum Gasteiger partial charge on any atom is 0.226 e. The van der Waals surface area contributed by atoms with Crippen LogP contribution < -0.4 is 5.32 Å². The molecule has 1 aliphatic heterocycles. The number of amides is 1. The first-order valence-corrected chi connectivity index (χ1v) is 7.96. The van der Waals surface area contributed by atoms with Crippen LogP contribution in [0.15, 0.2) is 35.7 Å². The lowest BCUT2D eigenvalue weighted by Gasteiger charge is -2.20. The molecule has 22 heavy (non-hydrogen) atoms. The van der Waals surface area contributed by atoms with Gasteiger partial charge in [0.1, 0.15) is 5.01 Å². The zero-order valence-electron chi connectivity index (χ0n) is 12.0. The second-order valence-corrected chi connectivity index (χ2v) is 6.22. The molecule has 0 unspecified atom stereocenters. The largest absolute Gasteiger partial charge is 0.309 e. The van der Waals surface area contributed by atoms with Crippen molar-refractivity contribution in [1.82, 2.24) is 15.2 Å². The summed E-state index contributed by atoms with van der Waals surface area (Å²) in [7, 11) is 0. The van der Waals surface area contributed by atoms with Gasteiger partial charge in [-0.1, -0.05) is 30.3 Å². The molecular formula is C16H14N4OS. The molecule has 3 heterocycles. The lowest BCUT2D eigenvalue weighted by Crippen LogP contribution is -2.23. The van der Waals surface area contributed by atoms with E-state index in [9.17, 15) is 4.79 Å². The number of aromatic nitrogens is 3. The van der Waals surface area contributed by atoms with Crippen molar-refractivity contribution in [3.05, 3.63) is 52.7 Å². The summed E-state index contributed by atoms with van der Waals surface area (Å²) in [4.78, 5) is 16.7. The third-order valence-corrected chi connectivity index (χ3v) is 4.80. The Bertz CT molecular complexity index is 837. The van der Waals surface area contributed by atoms with E-state index in [1.54, 1.807) is 11.3 Å². The van der Waals surface area contributed by atoms with Crippen LogP contribution in [0.2, 0.25) is 0 Å². The predicted octanol–water partition coefficient (Wildman–Crippen LogP) is 3.32. The number of thiazole rings is 1. The molecule has 2 aromatic heterocycles. The van der Waals surface area contributed by atoms with Gasteiger partial charge >= 0.3 is 0 Å². The molecule has 0 radical (unpaired) electrons. The first-order valence-electron chi connectivity index (χ1n) is 7.08. The summed E-state index contributed by atoms with van der Waals surface area (Å²) in [6.45, 7) is 1.97. The second-order valence-electron chi connectivity index (χ2n) is 5.36. The summed E-state index contributed by atoms with van der Waals surface area (Å²) in [6.07, 6.45) is 0.408. The van der Waals surface area contributed by atoms with Gasteiger partial charge in [-0.25, -0.2) is 4.98 Å². The maximum absolute atomic E-state index is 11.9. The maximum atomic E-state index is 11.9. The van der Waals surface area contributed by atoms with Crippen LogP contribution in [-0.2, 0) is 4.79 Å². The summed E-state index contributed by atoms with van der Waals surface area (Å²) in [5.41, 5.74) is 4.06. The average molecular weight is 310 g/mol. The summed E-state index contributed by atoms with van der Waals surface area (Å²) >= 11 is 1.61. The van der Waals surface area contributed by atoms with Crippen molar-refractivity contribution < 1.29 is 4.79 Å². The SMILES string of the molecule is Cc1[nH]nc2c1[C@H](c1csc(-c3ccccc3)n1)CC(=O)N2. The average Bonchev–Trinajstić information content (AvgIpc) is 3.15. The van der Waals surface area contributed by atoms with Crippen LogP contribution in [0.3, 0.4) is 0 Å². The van der Waals surface area contributed by atoms with Gasteiger partial charge in [0.05, 0.1) is 5.69 Å². The smallest absolute Gasteiger partial charge is 0.226 e. The summed E-state index contributed by atoms with van der Waals surface area (Å²) in [5, 5.41) is 12.9. The third kappa shape index (κ3) is 2.12. The van der Waals surface area contributed by atoms with Crippen molar-refractivity contribution in [1.29, 1.82) is 0 Å². The standard InChI is InChI=1S/C16H14N4OS/c1-9-14-11(7-13(21)18-15(14)20-19-9)12-8-22-16(17-12)10-5-3-2-4-6-10/h2-6,8,11H,7H2,1H3,(H2,18,19,20,21)/t11-/m0/s1. The van der Waals surface area contributed by atoms with E-state index in [1.807, 2.05) is 42.6 Å². The van der Waals surface area contributed by atoms with E-state index in [-0.39, 0.29) is 11.8 Å². The number of fused-ring (bicyclic) bond motifs is 1. The van der Waals surface area contributed by atoms with Gasteiger partial charge < -0.3 is 5.32 Å². The quantitative estimate of drug-likeness (QED) is 0.763. The fraction of sp³-hybridized carbons (Fsp3) is 0.188. The third-order valence-electron chi connectivity index (χ3n) is 3.89. The fourth-order valence-electron chi connectivity index (χ4n) is 2.84. The second kappa shape index (κ2) is 5.06. The molecule has 5 nitrogen and oxygen atoms in total. The molecule has 1 aliphatic rings. The molecular weight excluding hydrogens is 296 g/mol. The fourth-order valence-corrected chi connectivity index (χ4v) is 3.72. The van der Waals surface area contributed by atoms with Crippen LogP contribution in [0.4, 0.5) is 5.82 Å². The van der Waals surface area contributed by atoms with Crippen LogP contribution in [0.25, 0.3) is 10.6 Å². The number of aromatic amines is 1. The minimum absolute atomic E-state index is 0.0155. The van der Waals surface area contributed by atoms with Crippen molar-refractivity contribution in [2.45, 2.75) is 19.3 Å². The lowest BCUT2D eigenvalue weighted by molar-refractivity contribution is -0.116. The highest BCUT2D eigenvalue weighted by Crippen LogP contribution is 2.39. The number of benzene rings is 1. The molecule has 0 bridgehead atoms. The van der Waals surface area contributed by atoms with Gasteiger partial charge in [-0.3, -0.25) is 9.89 Å². The molecule has 110 valence electrons. The molecule has 0 saturated heterocycles. The normalized spacial score (nSPS) is 17.1. The number of aryl methyl sites for hydroxylation is 1. The number of nitrogens with one attached hydrogen (secondary N) is 2. The van der Waals surface area contributed by atoms with Gasteiger partial charge in [-0.05, 0) is 6.92 Å². The van der Waals surface area contributed by atoms with Gasteiger partial charge in [-0.15, -0.1) is 11.3 Å². The van der Waals surface area contributed by atoms with Crippen molar-refractivity contribution >= 4 is 23.1 Å². The summed E-state index contributed by atoms with van der Waals surface area (Å²) in [6, 6.07) is 10.1. The molecule has 0 fully saturated rings. The van der Waals surface area contributed by atoms with E-state index in [4.69, 9.17) is 4.98 Å². The van der Waals surface area contributed by atoms with Crippen LogP contribution in [0, 0.1) is 6.92 Å². The van der Waals surface area contributed by atoms with Crippen LogP contribution in [0.1, 0.15) is 29.3 Å². The van der Waals surface area contributed by atoms with E-state index < -0.39 is 0 Å². The number of nitrogens with zero attached hydrogens (tertiary/aromatic N) is 2. The number of anilines is 1. The highest BCUT2D eigenvalue weighted by Gasteiger charge is 2.31. The van der Waals surface area contributed by atoms with E-state index in [0.717, 1.165) is 27.5 Å². The molecule has 0 saturated carbocycles. The van der Waals surface area contributed by atoms with Gasteiger partial charge in [0, 0.05) is 34.5 Å². The zero-order chi connectivity index (χ0) is 15.1. The van der Waals surface area contributed by atoms with Crippen molar-refractivity contribution in [3.63, 3.8) is 0 Å². The van der Waals surface area contributed by atoms with Crippen LogP contribution in [0.5, 0.6) is 0 Å². The Morgan fingerprint density at radius 2 is 2.09 bits per heavy atom. The molecule has 0 spiro atoms. The number of hydrogen-bond donors (Lipinski definition) is 2. The Balaban J connectivity index is 1.75. The molecule has 3 aromatic rings. The summed E-state index contributed by atoms with van der Waals surface area (Å²) < 4.78 is 0. The molecule has 1 atom stereocenters. The van der Waals surface area contributed by atoms with E-state index >= 15 is 0 Å². The molecule has 1 aromatic carbocycles. The monoisotopic (exact) mass is 310 g/mol. The minimum atomic E-state index is -0.0313. The number of rotatable bonds is 2. The zero-order valence-corrected chi connectivity index (χ0v) is 12.8. The van der Waals surface area contributed by atoms with E-state index in [1.165, 1.54) is 0 Å². The van der Waals surface area contributed by atoms with Crippen molar-refractivity contribution in [3.8, 4) is 10.6 Å². The molecule has 2 N–H and O–H groups in total. The number of carbonyl (C=O) groups excluding carboxylic acids is 1. The van der Waals surface area contributed by atoms with E-state index in [0.29, 0.717) is 12.2 Å². The lowest BCUT2D eigenvalue weighted by atomic mass is 9.90. The first-order chi connectivity index (χ1) is 10.7. The van der Waals surface area contributed by atoms with Crippen molar-refractivity contribution in [2.75, 3.05) is 5.32 Å². The highest BCUT2D eigenvalue weighted by atomic mass is 32.1.